The monoisotopic (exact) mass is 679 g/mol. The lowest BCUT2D eigenvalue weighted by Crippen LogP contribution is -2.54. The first-order chi connectivity index (χ1) is 21.0. The molecule has 0 aromatic heterocycles. The summed E-state index contributed by atoms with van der Waals surface area (Å²) in [6.45, 7) is 1.18. The summed E-state index contributed by atoms with van der Waals surface area (Å²) in [6, 6.07) is 16.4. The van der Waals surface area contributed by atoms with E-state index >= 15 is 0 Å². The lowest BCUT2D eigenvalue weighted by Gasteiger charge is -2.34. The average molecular weight is 681 g/mol. The van der Waals surface area contributed by atoms with Crippen LogP contribution in [0.5, 0.6) is 5.75 Å². The molecule has 12 heteroatoms. The number of sulfonamides is 1. The minimum absolute atomic E-state index is 0.00545. The van der Waals surface area contributed by atoms with E-state index in [1.165, 1.54) is 42.3 Å². The first-order valence-electron chi connectivity index (χ1n) is 14.5. The van der Waals surface area contributed by atoms with Gasteiger partial charge < -0.3 is 15.0 Å². The van der Waals surface area contributed by atoms with Gasteiger partial charge in [-0.3, -0.25) is 13.9 Å². The number of nitrogens with zero attached hydrogens (tertiary/aromatic N) is 2. The zero-order chi connectivity index (χ0) is 31.9. The molecule has 8 nitrogen and oxygen atoms in total. The number of halogens is 3. The van der Waals surface area contributed by atoms with Gasteiger partial charge in [0, 0.05) is 22.6 Å². The van der Waals surface area contributed by atoms with Crippen LogP contribution in [0.2, 0.25) is 15.1 Å². The standard InChI is InChI=1S/C32H36Cl3N3O5S/c1-3-29(32(40)36-24-10-6-4-7-11-24)37(20-22-14-15-23(33)18-27(22)34)31(39)21-38(25-16-17-30(43-2)28(35)19-25)44(41,42)26-12-8-5-9-13-26/h5,8-9,12-19,24,29H,3-4,6-7,10-11,20-21H2,1-2H3,(H,36,40)/t29-/m1/s1. The molecule has 0 radical (unpaired) electrons. The van der Waals surface area contributed by atoms with Gasteiger partial charge in [0.1, 0.15) is 18.3 Å². The van der Waals surface area contributed by atoms with Gasteiger partial charge in [0.05, 0.1) is 22.7 Å². The molecule has 0 spiro atoms. The molecule has 1 saturated carbocycles. The topological polar surface area (TPSA) is 96.0 Å². The number of benzene rings is 3. The molecule has 0 bridgehead atoms. The molecular weight excluding hydrogens is 645 g/mol. The van der Waals surface area contributed by atoms with Gasteiger partial charge in [-0.2, -0.15) is 0 Å². The van der Waals surface area contributed by atoms with Crippen LogP contribution >= 0.6 is 34.8 Å². The second-order valence-electron chi connectivity index (χ2n) is 10.7. The highest BCUT2D eigenvalue weighted by Gasteiger charge is 2.35. The van der Waals surface area contributed by atoms with Gasteiger partial charge in [-0.25, -0.2) is 8.42 Å². The Morgan fingerprint density at radius 1 is 0.955 bits per heavy atom. The number of carbonyl (C=O) groups excluding carboxylic acids is 2. The van der Waals surface area contributed by atoms with Gasteiger partial charge in [0.25, 0.3) is 10.0 Å². The summed E-state index contributed by atoms with van der Waals surface area (Å²) in [5, 5.41) is 4.05. The fraction of sp³-hybridized carbons (Fsp3) is 0.375. The Balaban J connectivity index is 1.74. The molecule has 1 N–H and O–H groups in total. The third-order valence-electron chi connectivity index (χ3n) is 7.73. The van der Waals surface area contributed by atoms with Crippen LogP contribution in [0.4, 0.5) is 5.69 Å². The van der Waals surface area contributed by atoms with E-state index in [1.54, 1.807) is 36.4 Å². The second kappa shape index (κ2) is 15.3. The summed E-state index contributed by atoms with van der Waals surface area (Å²) in [7, 11) is -2.79. The quantitative estimate of drug-likeness (QED) is 0.220. The van der Waals surface area contributed by atoms with Crippen LogP contribution in [0, 0.1) is 0 Å². The third-order valence-corrected chi connectivity index (χ3v) is 10.4. The number of amides is 2. The van der Waals surface area contributed by atoms with E-state index in [9.17, 15) is 18.0 Å². The van der Waals surface area contributed by atoms with Gasteiger partial charge >= 0.3 is 0 Å². The smallest absolute Gasteiger partial charge is 0.264 e. The maximum absolute atomic E-state index is 14.3. The lowest BCUT2D eigenvalue weighted by atomic mass is 9.95. The van der Waals surface area contributed by atoms with Crippen molar-refractivity contribution in [3.63, 3.8) is 0 Å². The van der Waals surface area contributed by atoms with Crippen molar-refractivity contribution in [2.75, 3.05) is 18.0 Å². The van der Waals surface area contributed by atoms with Gasteiger partial charge in [-0.15, -0.1) is 0 Å². The average Bonchev–Trinajstić information content (AvgIpc) is 3.01. The van der Waals surface area contributed by atoms with Crippen LogP contribution in [0.15, 0.2) is 71.6 Å². The summed E-state index contributed by atoms with van der Waals surface area (Å²) in [4.78, 5) is 29.4. The molecule has 1 fully saturated rings. The molecule has 3 aromatic rings. The minimum atomic E-state index is -4.24. The van der Waals surface area contributed by atoms with E-state index in [0.717, 1.165) is 36.4 Å². The molecule has 1 atom stereocenters. The van der Waals surface area contributed by atoms with Crippen molar-refractivity contribution in [2.24, 2.45) is 0 Å². The number of anilines is 1. The number of methoxy groups -OCH3 is 1. The molecule has 1 aliphatic carbocycles. The third kappa shape index (κ3) is 8.18. The molecule has 236 valence electrons. The van der Waals surface area contributed by atoms with Crippen LogP contribution in [-0.2, 0) is 26.2 Å². The van der Waals surface area contributed by atoms with Crippen molar-refractivity contribution in [1.82, 2.24) is 10.2 Å². The molecule has 0 unspecified atom stereocenters. The predicted octanol–water partition coefficient (Wildman–Crippen LogP) is 7.11. The number of hydrogen-bond acceptors (Lipinski definition) is 5. The Kier molecular flexibility index (Phi) is 11.8. The van der Waals surface area contributed by atoms with E-state index in [0.29, 0.717) is 27.8 Å². The predicted molar refractivity (Wildman–Crippen MR) is 175 cm³/mol. The molecule has 3 aromatic carbocycles. The van der Waals surface area contributed by atoms with Crippen molar-refractivity contribution in [2.45, 2.75) is 69.0 Å². The first kappa shape index (κ1) is 33.9. The Labute approximate surface area is 274 Å². The SMILES string of the molecule is CC[C@H](C(=O)NC1CCCCC1)N(Cc1ccc(Cl)cc1Cl)C(=O)CN(c1ccc(OC)c(Cl)c1)S(=O)(=O)c1ccccc1. The van der Waals surface area contributed by atoms with Crippen LogP contribution in [-0.4, -0.2) is 50.9 Å². The maximum atomic E-state index is 14.3. The first-order valence-corrected chi connectivity index (χ1v) is 17.1. The van der Waals surface area contributed by atoms with E-state index < -0.39 is 28.5 Å². The maximum Gasteiger partial charge on any atom is 0.264 e. The van der Waals surface area contributed by atoms with Crippen LogP contribution in [0.3, 0.4) is 0 Å². The number of hydrogen-bond donors (Lipinski definition) is 1. The Hall–Kier alpha value is -2.98. The second-order valence-corrected chi connectivity index (χ2v) is 13.8. The van der Waals surface area contributed by atoms with Crippen molar-refractivity contribution in [1.29, 1.82) is 0 Å². The largest absolute Gasteiger partial charge is 0.495 e. The van der Waals surface area contributed by atoms with Crippen molar-refractivity contribution >= 4 is 62.3 Å². The number of ether oxygens (including phenoxy) is 1. The normalized spacial score (nSPS) is 14.5. The van der Waals surface area contributed by atoms with E-state index in [1.807, 2.05) is 6.92 Å². The number of carbonyl (C=O) groups is 2. The minimum Gasteiger partial charge on any atom is -0.495 e. The molecular formula is C32H36Cl3N3O5S. The molecule has 0 aliphatic heterocycles. The van der Waals surface area contributed by atoms with Crippen LogP contribution in [0.25, 0.3) is 0 Å². The molecule has 0 saturated heterocycles. The van der Waals surface area contributed by atoms with Crippen LogP contribution in [0.1, 0.15) is 51.0 Å². The molecule has 4 rings (SSSR count). The van der Waals surface area contributed by atoms with Crippen molar-refractivity contribution in [3.05, 3.63) is 87.4 Å². The van der Waals surface area contributed by atoms with E-state index in [2.05, 4.69) is 5.32 Å². The highest BCUT2D eigenvalue weighted by Crippen LogP contribution is 2.32. The summed E-state index contributed by atoms with van der Waals surface area (Å²) < 4.78 is 34.3. The summed E-state index contributed by atoms with van der Waals surface area (Å²) in [5.74, 6) is -0.529. The number of rotatable bonds is 12. The van der Waals surface area contributed by atoms with Crippen LogP contribution < -0.4 is 14.4 Å². The van der Waals surface area contributed by atoms with Gasteiger partial charge in [-0.05, 0) is 67.3 Å². The fourth-order valence-electron chi connectivity index (χ4n) is 5.36. The molecule has 0 heterocycles. The van der Waals surface area contributed by atoms with Gasteiger partial charge in [0.2, 0.25) is 11.8 Å². The van der Waals surface area contributed by atoms with Crippen molar-refractivity contribution in [3.8, 4) is 5.75 Å². The summed E-state index contributed by atoms with van der Waals surface area (Å²) >= 11 is 19.0. The molecule has 1 aliphatic rings. The van der Waals surface area contributed by atoms with E-state index in [-0.39, 0.29) is 34.1 Å². The molecule has 44 heavy (non-hydrogen) atoms. The van der Waals surface area contributed by atoms with Gasteiger partial charge in [-0.1, -0.05) is 85.3 Å². The zero-order valence-electron chi connectivity index (χ0n) is 24.6. The Morgan fingerprint density at radius 2 is 1.66 bits per heavy atom. The highest BCUT2D eigenvalue weighted by molar-refractivity contribution is 7.92. The Bertz CT molecular complexity index is 1570. The molecule has 2 amide bonds. The van der Waals surface area contributed by atoms with Crippen molar-refractivity contribution < 1.29 is 22.7 Å². The Morgan fingerprint density at radius 3 is 2.27 bits per heavy atom. The number of nitrogens with one attached hydrogen (secondary N) is 1. The fourth-order valence-corrected chi connectivity index (χ4v) is 7.50. The van der Waals surface area contributed by atoms with E-state index in [4.69, 9.17) is 39.5 Å². The van der Waals surface area contributed by atoms with Gasteiger partial charge in [0.15, 0.2) is 0 Å². The zero-order valence-corrected chi connectivity index (χ0v) is 27.7. The summed E-state index contributed by atoms with van der Waals surface area (Å²) in [6.07, 6.45) is 5.24. The summed E-state index contributed by atoms with van der Waals surface area (Å²) in [5.41, 5.74) is 0.732. The lowest BCUT2D eigenvalue weighted by molar-refractivity contribution is -0.140. The highest BCUT2D eigenvalue weighted by atomic mass is 35.5.